The Morgan fingerprint density at radius 1 is 1.46 bits per heavy atom. The van der Waals surface area contributed by atoms with Gasteiger partial charge >= 0.3 is 0 Å². The number of nitrogens with zero attached hydrogens (tertiary/aromatic N) is 2. The van der Waals surface area contributed by atoms with Gasteiger partial charge in [0.25, 0.3) is 0 Å². The summed E-state index contributed by atoms with van der Waals surface area (Å²) in [7, 11) is 0. The maximum Gasteiger partial charge on any atom is 0.0759 e. The van der Waals surface area contributed by atoms with Gasteiger partial charge in [-0.25, -0.2) is 0 Å². The molecule has 0 radical (unpaired) electrons. The molecule has 0 fully saturated rings. The lowest BCUT2D eigenvalue weighted by Crippen LogP contribution is -2.26. The zero-order valence-electron chi connectivity index (χ0n) is 8.59. The highest BCUT2D eigenvalue weighted by Gasteiger charge is 2.22. The van der Waals surface area contributed by atoms with Crippen molar-refractivity contribution in [1.29, 1.82) is 0 Å². The monoisotopic (exact) mass is 179 g/mol. The van der Waals surface area contributed by atoms with Crippen molar-refractivity contribution in [3.63, 3.8) is 0 Å². The highest BCUT2D eigenvalue weighted by Crippen LogP contribution is 2.26. The molecule has 1 aliphatic rings. The number of hydrogen-bond donors (Lipinski definition) is 1. The van der Waals surface area contributed by atoms with Crippen LogP contribution in [0.5, 0.6) is 0 Å². The van der Waals surface area contributed by atoms with E-state index in [2.05, 4.69) is 35.9 Å². The van der Waals surface area contributed by atoms with Crippen LogP contribution in [0.2, 0.25) is 0 Å². The Balaban J connectivity index is 2.43. The van der Waals surface area contributed by atoms with Crippen molar-refractivity contribution in [3.8, 4) is 0 Å². The third-order valence-corrected chi connectivity index (χ3v) is 2.41. The van der Waals surface area contributed by atoms with Gasteiger partial charge in [-0.3, -0.25) is 4.68 Å². The third kappa shape index (κ3) is 1.43. The number of anilines is 1. The van der Waals surface area contributed by atoms with E-state index in [1.54, 1.807) is 0 Å². The molecule has 0 saturated heterocycles. The fraction of sp³-hybridized carbons (Fsp3) is 0.700. The van der Waals surface area contributed by atoms with Gasteiger partial charge in [0, 0.05) is 6.54 Å². The lowest BCUT2D eigenvalue weighted by atomic mass is 10.1. The molecule has 1 aromatic heterocycles. The van der Waals surface area contributed by atoms with Crippen molar-refractivity contribution in [3.05, 3.63) is 11.9 Å². The Morgan fingerprint density at radius 3 is 2.92 bits per heavy atom. The van der Waals surface area contributed by atoms with Gasteiger partial charge in [-0.2, -0.15) is 5.10 Å². The number of hydrogen-bond acceptors (Lipinski definition) is 2. The van der Waals surface area contributed by atoms with E-state index in [0.717, 1.165) is 13.0 Å². The van der Waals surface area contributed by atoms with Gasteiger partial charge in [0.2, 0.25) is 0 Å². The van der Waals surface area contributed by atoms with E-state index in [1.807, 2.05) is 6.20 Å². The summed E-state index contributed by atoms with van der Waals surface area (Å²) in [5.41, 5.74) is 2.69. The predicted molar refractivity (Wildman–Crippen MR) is 54.0 cm³/mol. The SMILES string of the molecule is CC(C)(C)n1ncc2c1CCCN2. The molecule has 0 amide bonds. The quantitative estimate of drug-likeness (QED) is 0.660. The van der Waals surface area contributed by atoms with Crippen molar-refractivity contribution in [2.24, 2.45) is 0 Å². The molecular formula is C10H17N3. The average Bonchev–Trinajstić information content (AvgIpc) is 2.45. The minimum atomic E-state index is 0.104. The van der Waals surface area contributed by atoms with Crippen molar-refractivity contribution >= 4 is 5.69 Å². The van der Waals surface area contributed by atoms with Crippen LogP contribution in [0, 0.1) is 0 Å². The smallest absolute Gasteiger partial charge is 0.0759 e. The van der Waals surface area contributed by atoms with Crippen LogP contribution in [-0.2, 0) is 12.0 Å². The van der Waals surface area contributed by atoms with E-state index in [4.69, 9.17) is 0 Å². The first kappa shape index (κ1) is 8.60. The first-order valence-corrected chi connectivity index (χ1v) is 4.90. The molecule has 1 aliphatic heterocycles. The van der Waals surface area contributed by atoms with Crippen LogP contribution in [0.1, 0.15) is 32.9 Å². The summed E-state index contributed by atoms with van der Waals surface area (Å²) < 4.78 is 2.13. The molecule has 0 atom stereocenters. The molecule has 72 valence electrons. The van der Waals surface area contributed by atoms with Gasteiger partial charge in [0.15, 0.2) is 0 Å². The average molecular weight is 179 g/mol. The van der Waals surface area contributed by atoms with Gasteiger partial charge in [-0.1, -0.05) is 0 Å². The largest absolute Gasteiger partial charge is 0.382 e. The van der Waals surface area contributed by atoms with Gasteiger partial charge in [0.1, 0.15) is 0 Å². The highest BCUT2D eigenvalue weighted by atomic mass is 15.3. The second-order valence-corrected chi connectivity index (χ2v) is 4.62. The maximum absolute atomic E-state index is 4.42. The summed E-state index contributed by atoms with van der Waals surface area (Å²) in [6.07, 6.45) is 4.31. The summed E-state index contributed by atoms with van der Waals surface area (Å²) >= 11 is 0. The van der Waals surface area contributed by atoms with Crippen LogP contribution in [0.3, 0.4) is 0 Å². The Hall–Kier alpha value is -0.990. The van der Waals surface area contributed by atoms with Gasteiger partial charge in [0.05, 0.1) is 23.1 Å². The molecule has 1 aromatic rings. The molecular weight excluding hydrogens is 162 g/mol. The summed E-state index contributed by atoms with van der Waals surface area (Å²) in [5, 5.41) is 7.80. The van der Waals surface area contributed by atoms with Crippen LogP contribution >= 0.6 is 0 Å². The zero-order chi connectivity index (χ0) is 9.47. The van der Waals surface area contributed by atoms with E-state index in [9.17, 15) is 0 Å². The Morgan fingerprint density at radius 2 is 2.23 bits per heavy atom. The fourth-order valence-corrected chi connectivity index (χ4v) is 1.82. The second kappa shape index (κ2) is 2.76. The molecule has 3 nitrogen and oxygen atoms in total. The molecule has 0 saturated carbocycles. The van der Waals surface area contributed by atoms with Crippen LogP contribution in [-0.4, -0.2) is 16.3 Å². The topological polar surface area (TPSA) is 29.9 Å². The molecule has 0 bridgehead atoms. The van der Waals surface area contributed by atoms with Crippen molar-refractivity contribution < 1.29 is 0 Å². The Bertz CT molecular complexity index is 306. The number of fused-ring (bicyclic) bond motifs is 1. The molecule has 0 spiro atoms. The molecule has 3 heteroatoms. The minimum absolute atomic E-state index is 0.104. The number of nitrogens with one attached hydrogen (secondary N) is 1. The van der Waals surface area contributed by atoms with Gasteiger partial charge in [-0.15, -0.1) is 0 Å². The van der Waals surface area contributed by atoms with E-state index >= 15 is 0 Å². The molecule has 2 heterocycles. The van der Waals surface area contributed by atoms with E-state index in [0.29, 0.717) is 0 Å². The van der Waals surface area contributed by atoms with Crippen molar-refractivity contribution in [2.75, 3.05) is 11.9 Å². The molecule has 0 aromatic carbocycles. The molecule has 1 N–H and O–H groups in total. The van der Waals surface area contributed by atoms with Crippen LogP contribution in [0.4, 0.5) is 5.69 Å². The Labute approximate surface area is 79.1 Å². The molecule has 13 heavy (non-hydrogen) atoms. The lowest BCUT2D eigenvalue weighted by Gasteiger charge is -2.24. The summed E-state index contributed by atoms with van der Waals surface area (Å²) in [4.78, 5) is 0. The lowest BCUT2D eigenvalue weighted by molar-refractivity contribution is 0.342. The van der Waals surface area contributed by atoms with Gasteiger partial charge < -0.3 is 5.32 Å². The van der Waals surface area contributed by atoms with Crippen LogP contribution < -0.4 is 5.32 Å². The standard InChI is InChI=1S/C10H17N3/c1-10(2,3)13-9-5-4-6-11-8(9)7-12-13/h7,11H,4-6H2,1-3H3. The number of aromatic nitrogens is 2. The first-order valence-electron chi connectivity index (χ1n) is 4.90. The predicted octanol–water partition coefficient (Wildman–Crippen LogP) is 2.00. The maximum atomic E-state index is 4.42. The van der Waals surface area contributed by atoms with Crippen molar-refractivity contribution in [2.45, 2.75) is 39.2 Å². The molecule has 2 rings (SSSR count). The van der Waals surface area contributed by atoms with E-state index in [1.165, 1.54) is 17.8 Å². The van der Waals surface area contributed by atoms with Gasteiger partial charge in [-0.05, 0) is 33.6 Å². The van der Waals surface area contributed by atoms with Crippen LogP contribution in [0.25, 0.3) is 0 Å². The van der Waals surface area contributed by atoms with E-state index < -0.39 is 0 Å². The first-order chi connectivity index (χ1) is 6.09. The second-order valence-electron chi connectivity index (χ2n) is 4.62. The fourth-order valence-electron chi connectivity index (χ4n) is 1.82. The normalized spacial score (nSPS) is 16.5. The molecule has 0 aliphatic carbocycles. The third-order valence-electron chi connectivity index (χ3n) is 2.41. The van der Waals surface area contributed by atoms with E-state index in [-0.39, 0.29) is 5.54 Å². The summed E-state index contributed by atoms with van der Waals surface area (Å²) in [6, 6.07) is 0. The summed E-state index contributed by atoms with van der Waals surface area (Å²) in [6.45, 7) is 7.65. The zero-order valence-corrected chi connectivity index (χ0v) is 8.59. The number of rotatable bonds is 0. The minimum Gasteiger partial charge on any atom is -0.382 e. The van der Waals surface area contributed by atoms with Crippen LogP contribution in [0.15, 0.2) is 6.20 Å². The highest BCUT2D eigenvalue weighted by molar-refractivity contribution is 5.48. The molecule has 0 unspecified atom stereocenters. The Kier molecular flexibility index (Phi) is 1.82. The van der Waals surface area contributed by atoms with Crippen molar-refractivity contribution in [1.82, 2.24) is 9.78 Å². The summed E-state index contributed by atoms with van der Waals surface area (Å²) in [5.74, 6) is 0.